The van der Waals surface area contributed by atoms with Crippen LogP contribution in [0.2, 0.25) is 0 Å². The van der Waals surface area contributed by atoms with Gasteiger partial charge in [0.15, 0.2) is 5.89 Å². The van der Waals surface area contributed by atoms with Crippen LogP contribution in [-0.4, -0.2) is 23.2 Å². The largest absolute Gasteiger partial charge is 0.496 e. The van der Waals surface area contributed by atoms with E-state index in [9.17, 15) is 9.18 Å². The van der Waals surface area contributed by atoms with Gasteiger partial charge in [0, 0.05) is 6.42 Å². The van der Waals surface area contributed by atoms with E-state index in [1.165, 1.54) is 19.2 Å². The van der Waals surface area contributed by atoms with Crippen LogP contribution >= 0.6 is 0 Å². The highest BCUT2D eigenvalue weighted by molar-refractivity contribution is 5.83. The van der Waals surface area contributed by atoms with Gasteiger partial charge in [-0.2, -0.15) is 0 Å². The smallest absolute Gasteiger partial charge is 0.373 e. The van der Waals surface area contributed by atoms with Gasteiger partial charge in [-0.1, -0.05) is 0 Å². The molecule has 0 aliphatic heterocycles. The van der Waals surface area contributed by atoms with Crippen molar-refractivity contribution in [1.29, 1.82) is 0 Å². The van der Waals surface area contributed by atoms with Crippen molar-refractivity contribution >= 4 is 5.97 Å². The number of methoxy groups -OCH3 is 1. The molecule has 0 saturated heterocycles. The lowest BCUT2D eigenvalue weighted by atomic mass is 10.1. The highest BCUT2D eigenvalue weighted by Gasteiger charge is 2.12. The topological polar surface area (TPSA) is 72.6 Å². The third-order valence-electron chi connectivity index (χ3n) is 2.62. The molecule has 1 heterocycles. The lowest BCUT2D eigenvalue weighted by Gasteiger charge is -2.07. The quantitative estimate of drug-likeness (QED) is 0.898. The van der Waals surface area contributed by atoms with E-state index >= 15 is 0 Å². The lowest BCUT2D eigenvalue weighted by Crippen LogP contribution is -1.97. The molecule has 1 aromatic carbocycles. The van der Waals surface area contributed by atoms with Crippen molar-refractivity contribution < 1.29 is 23.4 Å². The zero-order valence-electron chi connectivity index (χ0n) is 10.2. The molecule has 0 spiro atoms. The Morgan fingerprint density at radius 3 is 2.89 bits per heavy atom. The number of nitrogens with zero attached hydrogens (tertiary/aromatic N) is 1. The van der Waals surface area contributed by atoms with Crippen molar-refractivity contribution in [2.45, 2.75) is 12.8 Å². The average Bonchev–Trinajstić information content (AvgIpc) is 2.85. The number of aromatic carboxylic acids is 1. The zero-order chi connectivity index (χ0) is 13.8. The first-order valence-electron chi connectivity index (χ1n) is 5.60. The molecule has 2 aromatic rings. The Labute approximate surface area is 108 Å². The van der Waals surface area contributed by atoms with Crippen LogP contribution in [0.5, 0.6) is 5.75 Å². The molecule has 0 fully saturated rings. The van der Waals surface area contributed by atoms with E-state index in [0.29, 0.717) is 30.0 Å². The van der Waals surface area contributed by atoms with E-state index in [1.54, 1.807) is 6.07 Å². The van der Waals surface area contributed by atoms with Gasteiger partial charge in [-0.15, -0.1) is 0 Å². The second-order valence-corrected chi connectivity index (χ2v) is 3.88. The molecular weight excluding hydrogens is 253 g/mol. The Balaban J connectivity index is 2.09. The predicted molar refractivity (Wildman–Crippen MR) is 63.8 cm³/mol. The third-order valence-corrected chi connectivity index (χ3v) is 2.62. The van der Waals surface area contributed by atoms with Gasteiger partial charge in [-0.25, -0.2) is 14.2 Å². The maximum absolute atomic E-state index is 13.1. The number of rotatable bonds is 5. The summed E-state index contributed by atoms with van der Waals surface area (Å²) in [6.07, 6.45) is 1.97. The summed E-state index contributed by atoms with van der Waals surface area (Å²) in [5.41, 5.74) is 0.678. The first-order chi connectivity index (χ1) is 9.10. The number of hydrogen-bond acceptors (Lipinski definition) is 4. The molecule has 5 nitrogen and oxygen atoms in total. The number of oxazole rings is 1. The van der Waals surface area contributed by atoms with Crippen LogP contribution in [0.25, 0.3) is 0 Å². The van der Waals surface area contributed by atoms with Gasteiger partial charge in [0.1, 0.15) is 11.6 Å². The fraction of sp³-hybridized carbons (Fsp3) is 0.231. The van der Waals surface area contributed by atoms with Crippen molar-refractivity contribution in [3.63, 3.8) is 0 Å². The molecule has 2 rings (SSSR count). The molecule has 0 aliphatic rings. The summed E-state index contributed by atoms with van der Waals surface area (Å²) in [4.78, 5) is 14.5. The average molecular weight is 265 g/mol. The standard InChI is InChI=1S/C13H12FNO4/c1-18-10-4-3-9(14)6-8(10)2-5-12-15-7-11(19-12)13(16)17/h3-4,6-7H,2,5H2,1H3,(H,16,17). The molecule has 0 unspecified atom stereocenters. The van der Waals surface area contributed by atoms with E-state index in [2.05, 4.69) is 4.98 Å². The molecular formula is C13H12FNO4. The van der Waals surface area contributed by atoms with E-state index in [-0.39, 0.29) is 11.6 Å². The summed E-state index contributed by atoms with van der Waals surface area (Å²) < 4.78 is 23.3. The maximum atomic E-state index is 13.1. The summed E-state index contributed by atoms with van der Waals surface area (Å²) in [6, 6.07) is 4.23. The van der Waals surface area contributed by atoms with Crippen LogP contribution in [-0.2, 0) is 12.8 Å². The van der Waals surface area contributed by atoms with Crippen molar-refractivity contribution in [3.05, 3.63) is 47.4 Å². The highest BCUT2D eigenvalue weighted by Crippen LogP contribution is 2.21. The van der Waals surface area contributed by atoms with Crippen LogP contribution in [0.4, 0.5) is 4.39 Å². The van der Waals surface area contributed by atoms with Crippen molar-refractivity contribution in [1.82, 2.24) is 4.98 Å². The molecule has 6 heteroatoms. The minimum Gasteiger partial charge on any atom is -0.496 e. The van der Waals surface area contributed by atoms with Crippen LogP contribution in [0.3, 0.4) is 0 Å². The Bertz CT molecular complexity index is 594. The molecule has 100 valence electrons. The number of halogens is 1. The maximum Gasteiger partial charge on any atom is 0.373 e. The number of hydrogen-bond donors (Lipinski definition) is 1. The van der Waals surface area contributed by atoms with E-state index < -0.39 is 5.97 Å². The van der Waals surface area contributed by atoms with E-state index in [0.717, 1.165) is 6.20 Å². The number of carboxylic acids is 1. The Hall–Kier alpha value is -2.37. The van der Waals surface area contributed by atoms with E-state index in [4.69, 9.17) is 14.3 Å². The van der Waals surface area contributed by atoms with Crippen LogP contribution in [0.15, 0.2) is 28.8 Å². The molecule has 0 aliphatic carbocycles. The van der Waals surface area contributed by atoms with Crippen LogP contribution < -0.4 is 4.74 Å². The third kappa shape index (κ3) is 3.09. The number of carboxylic acid groups (broad SMARTS) is 1. The zero-order valence-corrected chi connectivity index (χ0v) is 10.2. The van der Waals surface area contributed by atoms with Crippen LogP contribution in [0.1, 0.15) is 22.0 Å². The molecule has 1 N–H and O–H groups in total. The lowest BCUT2D eigenvalue weighted by molar-refractivity contribution is 0.0660. The van der Waals surface area contributed by atoms with Gasteiger partial charge in [0.05, 0.1) is 13.3 Å². The summed E-state index contributed by atoms with van der Waals surface area (Å²) in [6.45, 7) is 0. The molecule has 0 atom stereocenters. The number of benzene rings is 1. The van der Waals surface area contributed by atoms with Crippen molar-refractivity contribution in [2.24, 2.45) is 0 Å². The summed E-state index contributed by atoms with van der Waals surface area (Å²) >= 11 is 0. The van der Waals surface area contributed by atoms with Crippen molar-refractivity contribution in [3.8, 4) is 5.75 Å². The van der Waals surface area contributed by atoms with Gasteiger partial charge in [-0.05, 0) is 30.2 Å². The summed E-state index contributed by atoms with van der Waals surface area (Å²) in [7, 11) is 1.50. The number of aryl methyl sites for hydroxylation is 2. The summed E-state index contributed by atoms with van der Waals surface area (Å²) in [5.74, 6) is -0.854. The molecule has 0 bridgehead atoms. The Kier molecular flexibility index (Phi) is 3.79. The molecule has 19 heavy (non-hydrogen) atoms. The van der Waals surface area contributed by atoms with Gasteiger partial charge < -0.3 is 14.3 Å². The van der Waals surface area contributed by atoms with Gasteiger partial charge in [0.2, 0.25) is 5.76 Å². The van der Waals surface area contributed by atoms with Gasteiger partial charge in [0.25, 0.3) is 0 Å². The first kappa shape index (κ1) is 13.1. The van der Waals surface area contributed by atoms with Crippen molar-refractivity contribution in [2.75, 3.05) is 7.11 Å². The molecule has 1 aromatic heterocycles. The summed E-state index contributed by atoms with van der Waals surface area (Å²) in [5, 5.41) is 8.70. The fourth-order valence-electron chi connectivity index (χ4n) is 1.71. The SMILES string of the molecule is COc1ccc(F)cc1CCc1ncc(C(=O)O)o1. The van der Waals surface area contributed by atoms with E-state index in [1.807, 2.05) is 0 Å². The number of ether oxygens (including phenoxy) is 1. The number of aromatic nitrogens is 1. The Morgan fingerprint density at radius 1 is 1.47 bits per heavy atom. The van der Waals surface area contributed by atoms with Crippen LogP contribution in [0, 0.1) is 5.82 Å². The monoisotopic (exact) mass is 265 g/mol. The second kappa shape index (κ2) is 5.51. The molecule has 0 radical (unpaired) electrons. The minimum absolute atomic E-state index is 0.207. The fourth-order valence-corrected chi connectivity index (χ4v) is 1.71. The number of carbonyl (C=O) groups is 1. The second-order valence-electron chi connectivity index (χ2n) is 3.88. The minimum atomic E-state index is -1.16. The normalized spacial score (nSPS) is 10.4. The highest BCUT2D eigenvalue weighted by atomic mass is 19.1. The van der Waals surface area contributed by atoms with Gasteiger partial charge in [-0.3, -0.25) is 0 Å². The first-order valence-corrected chi connectivity index (χ1v) is 5.60. The molecule has 0 amide bonds. The predicted octanol–water partition coefficient (Wildman–Crippen LogP) is 2.31. The Morgan fingerprint density at radius 2 is 2.26 bits per heavy atom. The molecule has 0 saturated carbocycles. The van der Waals surface area contributed by atoms with Gasteiger partial charge >= 0.3 is 5.97 Å².